The Hall–Kier alpha value is -1.79. The Kier molecular flexibility index (Phi) is 5.03. The molecule has 0 amide bonds. The van der Waals surface area contributed by atoms with Crippen molar-refractivity contribution < 1.29 is 13.9 Å². The van der Waals surface area contributed by atoms with Gasteiger partial charge in [0.2, 0.25) is 5.76 Å². The zero-order valence-electron chi connectivity index (χ0n) is 12.9. The van der Waals surface area contributed by atoms with E-state index in [0.717, 1.165) is 29.7 Å². The number of nitrogens with one attached hydrogen (secondary N) is 1. The van der Waals surface area contributed by atoms with Crippen molar-refractivity contribution in [2.45, 2.75) is 19.0 Å². The lowest BCUT2D eigenvalue weighted by Gasteiger charge is -2.20. The number of esters is 1. The van der Waals surface area contributed by atoms with Crippen LogP contribution < -0.4 is 10.2 Å². The van der Waals surface area contributed by atoms with E-state index in [4.69, 9.17) is 4.42 Å². The maximum absolute atomic E-state index is 11.4. The lowest BCUT2D eigenvalue weighted by molar-refractivity contribution is 0.0563. The van der Waals surface area contributed by atoms with Crippen molar-refractivity contribution in [2.24, 2.45) is 0 Å². The zero-order chi connectivity index (χ0) is 16.2. The summed E-state index contributed by atoms with van der Waals surface area (Å²) in [7, 11) is 1.34. The number of rotatable bonds is 5. The summed E-state index contributed by atoms with van der Waals surface area (Å²) in [5.41, 5.74) is 1.22. The van der Waals surface area contributed by atoms with E-state index < -0.39 is 5.97 Å². The molecule has 0 radical (unpaired) electrons. The number of carbonyl (C=O) groups excluding carboxylic acids is 1. The summed E-state index contributed by atoms with van der Waals surface area (Å²) in [6.07, 6.45) is 1.08. The van der Waals surface area contributed by atoms with Crippen LogP contribution in [-0.4, -0.2) is 32.2 Å². The number of ether oxygens (including phenoxy) is 1. The van der Waals surface area contributed by atoms with Crippen molar-refractivity contribution in [1.29, 1.82) is 0 Å². The van der Waals surface area contributed by atoms with Crippen LogP contribution >= 0.6 is 15.9 Å². The van der Waals surface area contributed by atoms with E-state index in [9.17, 15) is 4.79 Å². The smallest absolute Gasteiger partial charge is 0.373 e. The summed E-state index contributed by atoms with van der Waals surface area (Å²) < 4.78 is 11.2. The average Bonchev–Trinajstić information content (AvgIpc) is 3.22. The largest absolute Gasteiger partial charge is 0.463 e. The number of anilines is 1. The fourth-order valence-electron chi connectivity index (χ4n) is 2.78. The maximum Gasteiger partial charge on any atom is 0.373 e. The Morgan fingerprint density at radius 1 is 1.39 bits per heavy atom. The van der Waals surface area contributed by atoms with Crippen LogP contribution in [0.1, 0.15) is 22.7 Å². The van der Waals surface area contributed by atoms with Gasteiger partial charge >= 0.3 is 5.97 Å². The van der Waals surface area contributed by atoms with Gasteiger partial charge in [0.25, 0.3) is 0 Å². The minimum absolute atomic E-state index is 0.241. The molecule has 1 fully saturated rings. The molecule has 3 rings (SSSR count). The van der Waals surface area contributed by atoms with Gasteiger partial charge in [0.1, 0.15) is 5.76 Å². The molecule has 1 aliphatic heterocycles. The van der Waals surface area contributed by atoms with E-state index in [1.54, 1.807) is 12.1 Å². The predicted molar refractivity (Wildman–Crippen MR) is 91.6 cm³/mol. The van der Waals surface area contributed by atoms with Crippen LogP contribution in [0.4, 0.5) is 5.69 Å². The third kappa shape index (κ3) is 3.76. The molecule has 1 N–H and O–H groups in total. The van der Waals surface area contributed by atoms with Gasteiger partial charge in [-0.1, -0.05) is 12.1 Å². The van der Waals surface area contributed by atoms with Crippen LogP contribution in [0, 0.1) is 0 Å². The van der Waals surface area contributed by atoms with Gasteiger partial charge in [-0.25, -0.2) is 4.79 Å². The molecule has 122 valence electrons. The minimum atomic E-state index is -0.447. The van der Waals surface area contributed by atoms with Crippen molar-refractivity contribution in [3.05, 3.63) is 52.4 Å². The molecule has 0 saturated carbocycles. The Labute approximate surface area is 143 Å². The summed E-state index contributed by atoms with van der Waals surface area (Å²) >= 11 is 3.60. The van der Waals surface area contributed by atoms with Crippen molar-refractivity contribution in [3.8, 4) is 0 Å². The first-order chi connectivity index (χ1) is 11.2. The second-order valence-corrected chi connectivity index (χ2v) is 6.38. The third-order valence-electron chi connectivity index (χ3n) is 3.99. The second-order valence-electron chi connectivity index (χ2n) is 5.52. The fourth-order valence-corrected chi connectivity index (χ4v) is 3.32. The Morgan fingerprint density at radius 3 is 3.00 bits per heavy atom. The Balaban J connectivity index is 1.53. The van der Waals surface area contributed by atoms with E-state index in [-0.39, 0.29) is 5.76 Å². The van der Waals surface area contributed by atoms with Gasteiger partial charge in [-0.05, 0) is 46.6 Å². The molecular weight excluding hydrogens is 360 g/mol. The summed E-state index contributed by atoms with van der Waals surface area (Å²) in [4.78, 5) is 13.7. The summed E-state index contributed by atoms with van der Waals surface area (Å²) in [5, 5.41) is 3.48. The van der Waals surface area contributed by atoms with E-state index in [1.807, 2.05) is 6.07 Å². The number of methoxy groups -OCH3 is 1. The highest BCUT2D eigenvalue weighted by Crippen LogP contribution is 2.28. The first-order valence-electron chi connectivity index (χ1n) is 7.57. The highest BCUT2D eigenvalue weighted by atomic mass is 79.9. The van der Waals surface area contributed by atoms with Crippen molar-refractivity contribution in [2.75, 3.05) is 25.1 Å². The highest BCUT2D eigenvalue weighted by molar-refractivity contribution is 9.10. The molecular formula is C17H19BrN2O3. The number of hydrogen-bond acceptors (Lipinski definition) is 5. The van der Waals surface area contributed by atoms with E-state index in [2.05, 4.69) is 49.1 Å². The highest BCUT2D eigenvalue weighted by Gasteiger charge is 2.23. The number of nitrogens with zero attached hydrogens (tertiary/aromatic N) is 1. The van der Waals surface area contributed by atoms with Gasteiger partial charge in [-0.15, -0.1) is 0 Å². The van der Waals surface area contributed by atoms with E-state index in [0.29, 0.717) is 12.6 Å². The molecule has 23 heavy (non-hydrogen) atoms. The molecule has 2 aromatic rings. The lowest BCUT2D eigenvalue weighted by atomic mass is 10.2. The Bertz CT molecular complexity index is 686. The predicted octanol–water partition coefficient (Wildman–Crippen LogP) is 3.20. The molecule has 1 atom stereocenters. The van der Waals surface area contributed by atoms with Crippen LogP contribution in [0.25, 0.3) is 0 Å². The Morgan fingerprint density at radius 2 is 2.22 bits per heavy atom. The van der Waals surface area contributed by atoms with Gasteiger partial charge < -0.3 is 19.4 Å². The molecule has 1 aromatic carbocycles. The van der Waals surface area contributed by atoms with Crippen LogP contribution in [0.3, 0.4) is 0 Å². The molecule has 6 heteroatoms. The SMILES string of the molecule is COC(=O)c1ccc(CNC2CCN(c3ccccc3Br)C2)o1. The monoisotopic (exact) mass is 378 g/mol. The number of benzene rings is 1. The van der Waals surface area contributed by atoms with Crippen molar-refractivity contribution >= 4 is 27.6 Å². The van der Waals surface area contributed by atoms with Crippen LogP contribution in [0.2, 0.25) is 0 Å². The van der Waals surface area contributed by atoms with Gasteiger partial charge in [0.15, 0.2) is 0 Å². The molecule has 1 aliphatic rings. The molecule has 0 spiro atoms. The van der Waals surface area contributed by atoms with Crippen LogP contribution in [-0.2, 0) is 11.3 Å². The summed E-state index contributed by atoms with van der Waals surface area (Å²) in [5.74, 6) is 0.535. The quantitative estimate of drug-likeness (QED) is 0.809. The molecule has 0 aliphatic carbocycles. The van der Waals surface area contributed by atoms with E-state index in [1.165, 1.54) is 12.8 Å². The van der Waals surface area contributed by atoms with Gasteiger partial charge in [0, 0.05) is 23.6 Å². The molecule has 1 saturated heterocycles. The molecule has 2 heterocycles. The topological polar surface area (TPSA) is 54.7 Å². The fraction of sp³-hybridized carbons (Fsp3) is 0.353. The normalized spacial score (nSPS) is 17.5. The minimum Gasteiger partial charge on any atom is -0.463 e. The molecule has 1 unspecified atom stereocenters. The first kappa shape index (κ1) is 16.1. The van der Waals surface area contributed by atoms with E-state index >= 15 is 0 Å². The number of para-hydroxylation sites is 1. The first-order valence-corrected chi connectivity index (χ1v) is 8.36. The molecule has 1 aromatic heterocycles. The zero-order valence-corrected chi connectivity index (χ0v) is 14.5. The number of furan rings is 1. The van der Waals surface area contributed by atoms with Crippen molar-refractivity contribution in [1.82, 2.24) is 5.32 Å². The number of carbonyl (C=O) groups is 1. The lowest BCUT2D eigenvalue weighted by Crippen LogP contribution is -2.32. The standard InChI is InChI=1S/C17H19BrN2O3/c1-22-17(21)16-7-6-13(23-16)10-19-12-8-9-20(11-12)15-5-3-2-4-14(15)18/h2-7,12,19H,8-11H2,1H3. The third-order valence-corrected chi connectivity index (χ3v) is 4.67. The molecule has 5 nitrogen and oxygen atoms in total. The summed E-state index contributed by atoms with van der Waals surface area (Å²) in [6, 6.07) is 12.1. The summed E-state index contributed by atoms with van der Waals surface area (Å²) in [6.45, 7) is 2.57. The second kappa shape index (κ2) is 7.19. The van der Waals surface area contributed by atoms with Crippen LogP contribution in [0.5, 0.6) is 0 Å². The van der Waals surface area contributed by atoms with Crippen LogP contribution in [0.15, 0.2) is 45.3 Å². The maximum atomic E-state index is 11.4. The molecule has 0 bridgehead atoms. The van der Waals surface area contributed by atoms with Gasteiger partial charge in [-0.3, -0.25) is 0 Å². The number of hydrogen-bond donors (Lipinski definition) is 1. The number of halogens is 1. The van der Waals surface area contributed by atoms with Gasteiger partial charge in [0.05, 0.1) is 19.3 Å². The van der Waals surface area contributed by atoms with Gasteiger partial charge in [-0.2, -0.15) is 0 Å². The van der Waals surface area contributed by atoms with Crippen molar-refractivity contribution in [3.63, 3.8) is 0 Å². The average molecular weight is 379 g/mol.